The summed E-state index contributed by atoms with van der Waals surface area (Å²) in [5.74, 6) is 0.371. The smallest absolute Gasteiger partial charge is 0.299 e. The number of benzene rings is 2. The van der Waals surface area contributed by atoms with Crippen molar-refractivity contribution in [2.45, 2.75) is 13.3 Å². The van der Waals surface area contributed by atoms with E-state index in [1.54, 1.807) is 55.6 Å². The lowest BCUT2D eigenvalue weighted by atomic mass is 10.0. The summed E-state index contributed by atoms with van der Waals surface area (Å²) in [6, 6.07) is 13.2. The second kappa shape index (κ2) is 7.94. The third-order valence-electron chi connectivity index (χ3n) is 3.31. The topological polar surface area (TPSA) is 84.5 Å². The van der Waals surface area contributed by atoms with Crippen molar-refractivity contribution in [1.29, 1.82) is 0 Å². The van der Waals surface area contributed by atoms with Crippen LogP contribution in [0.2, 0.25) is 0 Å². The molecule has 0 radical (unpaired) electrons. The number of carbonyl (C=O) groups is 1. The first-order valence-corrected chi connectivity index (χ1v) is 9.00. The molecule has 0 heterocycles. The second-order valence-corrected chi connectivity index (χ2v) is 6.60. The Bertz CT molecular complexity index is 802. The van der Waals surface area contributed by atoms with E-state index < -0.39 is 10.2 Å². The average Bonchev–Trinajstić information content (AvgIpc) is 2.59. The number of carbonyl (C=O) groups excluding carboxylic acids is 1. The van der Waals surface area contributed by atoms with Crippen molar-refractivity contribution >= 4 is 21.7 Å². The van der Waals surface area contributed by atoms with E-state index >= 15 is 0 Å². The molecule has 2 rings (SSSR count). The highest BCUT2D eigenvalue weighted by atomic mass is 32.2. The van der Waals surface area contributed by atoms with Crippen molar-refractivity contribution in [2.75, 3.05) is 18.4 Å². The van der Waals surface area contributed by atoms with Crippen LogP contribution in [0.1, 0.15) is 29.3 Å². The third kappa shape index (κ3) is 4.56. The zero-order valence-electron chi connectivity index (χ0n) is 13.6. The molecule has 2 N–H and O–H groups in total. The molecular weight excluding hydrogens is 328 g/mol. The third-order valence-corrected chi connectivity index (χ3v) is 4.38. The Hall–Kier alpha value is -2.38. The summed E-state index contributed by atoms with van der Waals surface area (Å²) in [5.41, 5.74) is 0.968. The maximum atomic E-state index is 12.7. The molecule has 0 unspecified atom stereocenters. The lowest BCUT2D eigenvalue weighted by Crippen LogP contribution is -2.31. The number of ether oxygens (including phenoxy) is 1. The fourth-order valence-corrected chi connectivity index (χ4v) is 3.10. The Morgan fingerprint density at radius 3 is 2.38 bits per heavy atom. The summed E-state index contributed by atoms with van der Waals surface area (Å²) in [5, 5.41) is 0. The molecule has 0 fully saturated rings. The van der Waals surface area contributed by atoms with Gasteiger partial charge in [0.25, 0.3) is 10.2 Å². The number of methoxy groups -OCH3 is 1. The van der Waals surface area contributed by atoms with Crippen LogP contribution in [0.25, 0.3) is 0 Å². The minimum absolute atomic E-state index is 0.238. The van der Waals surface area contributed by atoms with Gasteiger partial charge in [-0.25, -0.2) is 0 Å². The Balaban J connectivity index is 2.29. The van der Waals surface area contributed by atoms with Crippen LogP contribution in [0.4, 0.5) is 5.69 Å². The molecule has 6 nitrogen and oxygen atoms in total. The average molecular weight is 348 g/mol. The van der Waals surface area contributed by atoms with E-state index in [0.29, 0.717) is 24.3 Å². The van der Waals surface area contributed by atoms with Crippen LogP contribution >= 0.6 is 0 Å². The Labute approximate surface area is 142 Å². The number of hydrogen-bond acceptors (Lipinski definition) is 4. The largest absolute Gasteiger partial charge is 0.497 e. The number of hydrogen-bond donors (Lipinski definition) is 2. The summed E-state index contributed by atoms with van der Waals surface area (Å²) in [4.78, 5) is 12.7. The first-order valence-electron chi connectivity index (χ1n) is 7.52. The SMILES string of the molecule is CCCNS(=O)(=O)Nc1ccccc1C(=O)c1ccc(OC)cc1. The number of rotatable bonds is 8. The number of ketones is 1. The highest BCUT2D eigenvalue weighted by molar-refractivity contribution is 7.90. The van der Waals surface area contributed by atoms with Crippen molar-refractivity contribution in [1.82, 2.24) is 4.72 Å². The van der Waals surface area contributed by atoms with E-state index in [2.05, 4.69) is 9.44 Å². The van der Waals surface area contributed by atoms with Gasteiger partial charge in [-0.15, -0.1) is 0 Å². The van der Waals surface area contributed by atoms with Gasteiger partial charge in [0.1, 0.15) is 5.75 Å². The Kier molecular flexibility index (Phi) is 5.94. The molecule has 0 aliphatic rings. The molecule has 0 saturated heterocycles. The van der Waals surface area contributed by atoms with E-state index in [-0.39, 0.29) is 17.0 Å². The van der Waals surface area contributed by atoms with Gasteiger partial charge >= 0.3 is 0 Å². The summed E-state index contributed by atoms with van der Waals surface area (Å²) >= 11 is 0. The predicted molar refractivity (Wildman–Crippen MR) is 93.7 cm³/mol. The van der Waals surface area contributed by atoms with Crippen molar-refractivity contribution < 1.29 is 17.9 Å². The van der Waals surface area contributed by atoms with Crippen molar-refractivity contribution in [2.24, 2.45) is 0 Å². The van der Waals surface area contributed by atoms with Gasteiger partial charge in [0.2, 0.25) is 0 Å². The summed E-state index contributed by atoms with van der Waals surface area (Å²) in [6.45, 7) is 2.19. The minimum atomic E-state index is -3.72. The van der Waals surface area contributed by atoms with E-state index in [0.717, 1.165) is 0 Å². The van der Waals surface area contributed by atoms with E-state index in [1.807, 2.05) is 6.92 Å². The second-order valence-electron chi connectivity index (χ2n) is 5.10. The standard InChI is InChI=1S/C17H20N2O4S/c1-3-12-18-24(21,22)19-16-7-5-4-6-15(16)17(20)13-8-10-14(23-2)11-9-13/h4-11,18-19H,3,12H2,1-2H3. The fraction of sp³-hybridized carbons (Fsp3) is 0.235. The van der Waals surface area contributed by atoms with E-state index in [1.165, 1.54) is 0 Å². The molecule has 0 amide bonds. The van der Waals surface area contributed by atoms with Gasteiger partial charge in [0.05, 0.1) is 12.8 Å². The molecule has 7 heteroatoms. The molecule has 0 aliphatic carbocycles. The van der Waals surface area contributed by atoms with Crippen LogP contribution in [0.5, 0.6) is 5.75 Å². The van der Waals surface area contributed by atoms with Gasteiger partial charge in [-0.3, -0.25) is 9.52 Å². The summed E-state index contributed by atoms with van der Waals surface area (Å²) in [7, 11) is -2.17. The molecule has 2 aromatic carbocycles. The minimum Gasteiger partial charge on any atom is -0.497 e. The van der Waals surface area contributed by atoms with Crippen LogP contribution in [0.15, 0.2) is 48.5 Å². The lowest BCUT2D eigenvalue weighted by Gasteiger charge is -2.12. The first-order chi connectivity index (χ1) is 11.5. The molecule has 24 heavy (non-hydrogen) atoms. The monoisotopic (exact) mass is 348 g/mol. The molecular formula is C17H20N2O4S. The molecule has 0 spiro atoms. The molecule has 128 valence electrons. The van der Waals surface area contributed by atoms with Gasteiger partial charge < -0.3 is 4.74 Å². The van der Waals surface area contributed by atoms with Crippen molar-refractivity contribution in [3.05, 3.63) is 59.7 Å². The molecule has 0 bridgehead atoms. The van der Waals surface area contributed by atoms with Crippen LogP contribution < -0.4 is 14.2 Å². The van der Waals surface area contributed by atoms with Gasteiger partial charge in [-0.05, 0) is 42.8 Å². The predicted octanol–water partition coefficient (Wildman–Crippen LogP) is 2.58. The van der Waals surface area contributed by atoms with Gasteiger partial charge in [0, 0.05) is 17.7 Å². The maximum absolute atomic E-state index is 12.7. The van der Waals surface area contributed by atoms with E-state index in [9.17, 15) is 13.2 Å². The zero-order chi connectivity index (χ0) is 17.6. The van der Waals surface area contributed by atoms with Crippen molar-refractivity contribution in [3.63, 3.8) is 0 Å². The van der Waals surface area contributed by atoms with Crippen LogP contribution in [-0.4, -0.2) is 27.9 Å². The number of para-hydroxylation sites is 1. The number of anilines is 1. The van der Waals surface area contributed by atoms with Gasteiger partial charge in [-0.1, -0.05) is 19.1 Å². The number of nitrogens with one attached hydrogen (secondary N) is 2. The molecule has 0 aliphatic heterocycles. The zero-order valence-corrected chi connectivity index (χ0v) is 14.4. The van der Waals surface area contributed by atoms with Gasteiger partial charge in [-0.2, -0.15) is 13.1 Å². The van der Waals surface area contributed by atoms with E-state index in [4.69, 9.17) is 4.74 Å². The molecule has 0 saturated carbocycles. The normalized spacial score (nSPS) is 11.1. The van der Waals surface area contributed by atoms with Crippen LogP contribution in [0.3, 0.4) is 0 Å². The highest BCUT2D eigenvalue weighted by Gasteiger charge is 2.17. The maximum Gasteiger partial charge on any atom is 0.299 e. The molecule has 0 aromatic heterocycles. The summed E-state index contributed by atoms with van der Waals surface area (Å²) in [6.07, 6.45) is 0.674. The highest BCUT2D eigenvalue weighted by Crippen LogP contribution is 2.21. The Morgan fingerprint density at radius 2 is 1.75 bits per heavy atom. The fourth-order valence-electron chi connectivity index (χ4n) is 2.09. The molecule has 2 aromatic rings. The van der Waals surface area contributed by atoms with Crippen LogP contribution in [-0.2, 0) is 10.2 Å². The first kappa shape index (κ1) is 18.0. The summed E-state index contributed by atoms with van der Waals surface area (Å²) < 4.78 is 33.9. The van der Waals surface area contributed by atoms with Crippen LogP contribution in [0, 0.1) is 0 Å². The Morgan fingerprint density at radius 1 is 1.08 bits per heavy atom. The quantitative estimate of drug-likeness (QED) is 0.718. The van der Waals surface area contributed by atoms with Crippen molar-refractivity contribution in [3.8, 4) is 5.75 Å². The molecule has 0 atom stereocenters. The lowest BCUT2D eigenvalue weighted by molar-refractivity contribution is 0.103. The van der Waals surface area contributed by atoms with Gasteiger partial charge in [0.15, 0.2) is 5.78 Å².